The molecule has 1 amide bonds. The molecule has 0 fully saturated rings. The summed E-state index contributed by atoms with van der Waals surface area (Å²) in [5, 5.41) is 17.6. The van der Waals surface area contributed by atoms with Gasteiger partial charge in [-0.1, -0.05) is 30.3 Å². The van der Waals surface area contributed by atoms with Crippen LogP contribution in [0.4, 0.5) is 5.82 Å². The lowest BCUT2D eigenvalue weighted by molar-refractivity contribution is -0.116. The van der Waals surface area contributed by atoms with Crippen LogP contribution < -0.4 is 14.8 Å². The fourth-order valence-electron chi connectivity index (χ4n) is 3.56. The minimum Gasteiger partial charge on any atom is -0.502 e. The van der Waals surface area contributed by atoms with Gasteiger partial charge in [-0.15, -0.1) is 0 Å². The summed E-state index contributed by atoms with van der Waals surface area (Å²) in [5.74, 6) is 0.942. The molecule has 0 spiro atoms. The number of hydrogen-bond donors (Lipinski definition) is 2. The molecule has 3 aromatic rings. The number of nitrogens with one attached hydrogen (secondary N) is 1. The Balaban J connectivity index is 1.75. The Kier molecular flexibility index (Phi) is 4.65. The number of phenols is 1. The van der Waals surface area contributed by atoms with Crippen LogP contribution in [-0.4, -0.2) is 35.0 Å². The predicted molar refractivity (Wildman–Crippen MR) is 104 cm³/mol. The van der Waals surface area contributed by atoms with Crippen LogP contribution in [0.25, 0.3) is 0 Å². The van der Waals surface area contributed by atoms with Crippen LogP contribution in [0, 0.1) is 0 Å². The number of aromatic nitrogens is 2. The SMILES string of the molecule is COc1cc([C@@H]2CC(=O)Nc3c2cnn3Cc2ccccc2)cc(OC)c1O. The molecular formula is C21H21N3O4. The standard InChI is InChI=1S/C21H21N3O4/c1-27-17-8-14(9-18(28-2)20(17)26)15-10-19(25)23-21-16(15)11-22-24(21)12-13-6-4-3-5-7-13/h3-9,11,15,26H,10,12H2,1-2H3,(H,23,25)/t15-/m0/s1. The quantitative estimate of drug-likeness (QED) is 0.711. The topological polar surface area (TPSA) is 85.6 Å². The van der Waals surface area contributed by atoms with Gasteiger partial charge in [0.05, 0.1) is 27.0 Å². The summed E-state index contributed by atoms with van der Waals surface area (Å²) in [6.45, 7) is 0.561. The van der Waals surface area contributed by atoms with Crippen molar-refractivity contribution < 1.29 is 19.4 Å². The van der Waals surface area contributed by atoms with Gasteiger partial charge in [0.2, 0.25) is 11.7 Å². The van der Waals surface area contributed by atoms with Crippen LogP contribution in [0.15, 0.2) is 48.7 Å². The van der Waals surface area contributed by atoms with Crippen molar-refractivity contribution in [3.63, 3.8) is 0 Å². The van der Waals surface area contributed by atoms with Gasteiger partial charge in [-0.25, -0.2) is 4.68 Å². The van der Waals surface area contributed by atoms with E-state index >= 15 is 0 Å². The third kappa shape index (κ3) is 3.15. The number of phenolic OH excluding ortho intramolecular Hbond substituents is 1. The highest BCUT2D eigenvalue weighted by molar-refractivity contribution is 5.94. The number of rotatable bonds is 5. The molecule has 0 radical (unpaired) electrons. The van der Waals surface area contributed by atoms with Gasteiger partial charge in [-0.05, 0) is 23.3 Å². The van der Waals surface area contributed by atoms with Gasteiger partial charge >= 0.3 is 0 Å². The van der Waals surface area contributed by atoms with Crippen molar-refractivity contribution in [3.8, 4) is 17.2 Å². The monoisotopic (exact) mass is 379 g/mol. The number of anilines is 1. The van der Waals surface area contributed by atoms with Crippen LogP contribution in [0.5, 0.6) is 17.2 Å². The van der Waals surface area contributed by atoms with Gasteiger partial charge < -0.3 is 19.9 Å². The Hall–Kier alpha value is -3.48. The number of aromatic hydroxyl groups is 1. The second-order valence-corrected chi connectivity index (χ2v) is 6.67. The average Bonchev–Trinajstić information content (AvgIpc) is 3.11. The molecule has 2 N–H and O–H groups in total. The van der Waals surface area contributed by atoms with Crippen LogP contribution in [0.1, 0.15) is 29.0 Å². The van der Waals surface area contributed by atoms with Gasteiger partial charge in [-0.3, -0.25) is 4.79 Å². The van der Waals surface area contributed by atoms with Crippen molar-refractivity contribution in [2.24, 2.45) is 0 Å². The molecule has 0 saturated carbocycles. The first kappa shape index (κ1) is 17.9. The van der Waals surface area contributed by atoms with Crippen molar-refractivity contribution in [3.05, 3.63) is 65.4 Å². The molecule has 7 nitrogen and oxygen atoms in total. The summed E-state index contributed by atoms with van der Waals surface area (Å²) in [6.07, 6.45) is 2.06. The molecule has 0 unspecified atom stereocenters. The number of hydrogen-bond acceptors (Lipinski definition) is 5. The lowest BCUT2D eigenvalue weighted by atomic mass is 9.87. The normalized spacial score (nSPS) is 15.6. The second-order valence-electron chi connectivity index (χ2n) is 6.67. The fraction of sp³-hybridized carbons (Fsp3) is 0.238. The molecule has 1 aromatic heterocycles. The van der Waals surface area contributed by atoms with E-state index in [0.29, 0.717) is 23.9 Å². The highest BCUT2D eigenvalue weighted by Crippen LogP contribution is 2.44. The molecule has 144 valence electrons. The van der Waals surface area contributed by atoms with Crippen molar-refractivity contribution in [2.75, 3.05) is 19.5 Å². The van der Waals surface area contributed by atoms with Crippen LogP contribution in [0.3, 0.4) is 0 Å². The van der Waals surface area contributed by atoms with Gasteiger partial charge in [0, 0.05) is 17.9 Å². The molecule has 1 aliphatic heterocycles. The molecule has 0 saturated heterocycles. The Morgan fingerprint density at radius 1 is 1.18 bits per heavy atom. The second kappa shape index (κ2) is 7.26. The zero-order chi connectivity index (χ0) is 19.7. The number of nitrogens with zero attached hydrogens (tertiary/aromatic N) is 2. The molecule has 4 rings (SSSR count). The van der Waals surface area contributed by atoms with E-state index in [-0.39, 0.29) is 24.0 Å². The van der Waals surface area contributed by atoms with Crippen molar-refractivity contribution >= 4 is 11.7 Å². The first-order valence-electron chi connectivity index (χ1n) is 8.95. The van der Waals surface area contributed by atoms with E-state index < -0.39 is 0 Å². The number of benzene rings is 2. The zero-order valence-electron chi connectivity index (χ0n) is 15.7. The maximum Gasteiger partial charge on any atom is 0.226 e. The molecule has 28 heavy (non-hydrogen) atoms. The first-order chi connectivity index (χ1) is 13.6. The maximum atomic E-state index is 12.4. The predicted octanol–water partition coefficient (Wildman–Crippen LogP) is 3.13. The van der Waals surface area contributed by atoms with Crippen molar-refractivity contribution in [1.82, 2.24) is 9.78 Å². The summed E-state index contributed by atoms with van der Waals surface area (Å²) in [5.41, 5.74) is 2.84. The summed E-state index contributed by atoms with van der Waals surface area (Å²) < 4.78 is 12.3. The third-order valence-electron chi connectivity index (χ3n) is 4.97. The van der Waals surface area contributed by atoms with Gasteiger partial charge in [0.15, 0.2) is 11.5 Å². The number of carbonyl (C=O) groups excluding carboxylic acids is 1. The average molecular weight is 379 g/mol. The van der Waals surface area contributed by atoms with Gasteiger partial charge in [0.25, 0.3) is 0 Å². The molecule has 7 heteroatoms. The zero-order valence-corrected chi connectivity index (χ0v) is 15.7. The lowest BCUT2D eigenvalue weighted by Crippen LogP contribution is -2.25. The van der Waals surface area contributed by atoms with E-state index in [1.807, 2.05) is 30.3 Å². The Morgan fingerprint density at radius 3 is 2.50 bits per heavy atom. The van der Waals surface area contributed by atoms with Crippen LogP contribution in [0.2, 0.25) is 0 Å². The van der Waals surface area contributed by atoms with E-state index in [9.17, 15) is 9.90 Å². The van der Waals surface area contributed by atoms with E-state index in [4.69, 9.17) is 9.47 Å². The molecule has 0 aliphatic carbocycles. The Morgan fingerprint density at radius 2 is 1.86 bits per heavy atom. The molecule has 1 aliphatic rings. The minimum absolute atomic E-state index is 0.0611. The minimum atomic E-state index is -0.211. The number of amides is 1. The van der Waals surface area contributed by atoms with Gasteiger partial charge in [0.1, 0.15) is 5.82 Å². The molecule has 2 heterocycles. The van der Waals surface area contributed by atoms with Crippen LogP contribution in [-0.2, 0) is 11.3 Å². The Bertz CT molecular complexity index is 989. The number of methoxy groups -OCH3 is 2. The smallest absolute Gasteiger partial charge is 0.226 e. The largest absolute Gasteiger partial charge is 0.502 e. The maximum absolute atomic E-state index is 12.4. The van der Waals surface area contributed by atoms with E-state index in [2.05, 4.69) is 10.4 Å². The van der Waals surface area contributed by atoms with Crippen LogP contribution >= 0.6 is 0 Å². The number of fused-ring (bicyclic) bond motifs is 1. The molecule has 0 bridgehead atoms. The van der Waals surface area contributed by atoms with E-state index in [0.717, 1.165) is 16.7 Å². The van der Waals surface area contributed by atoms with Crippen molar-refractivity contribution in [2.45, 2.75) is 18.9 Å². The Labute approximate surface area is 162 Å². The van der Waals surface area contributed by atoms with Crippen molar-refractivity contribution in [1.29, 1.82) is 0 Å². The number of carbonyl (C=O) groups is 1. The summed E-state index contributed by atoms with van der Waals surface area (Å²) in [4.78, 5) is 12.4. The lowest BCUT2D eigenvalue weighted by Gasteiger charge is -2.24. The third-order valence-corrected chi connectivity index (χ3v) is 4.97. The summed E-state index contributed by atoms with van der Waals surface area (Å²) >= 11 is 0. The highest BCUT2D eigenvalue weighted by atomic mass is 16.5. The van der Waals surface area contributed by atoms with E-state index in [1.165, 1.54) is 14.2 Å². The highest BCUT2D eigenvalue weighted by Gasteiger charge is 2.31. The first-order valence-corrected chi connectivity index (χ1v) is 8.95. The number of ether oxygens (including phenoxy) is 2. The summed E-state index contributed by atoms with van der Waals surface area (Å²) in [6, 6.07) is 13.4. The fourth-order valence-corrected chi connectivity index (χ4v) is 3.56. The van der Waals surface area contributed by atoms with E-state index in [1.54, 1.807) is 23.0 Å². The summed E-state index contributed by atoms with van der Waals surface area (Å²) in [7, 11) is 2.96. The molecule has 1 atom stereocenters. The van der Waals surface area contributed by atoms with Gasteiger partial charge in [-0.2, -0.15) is 5.10 Å². The molecule has 2 aromatic carbocycles. The molecular weight excluding hydrogens is 358 g/mol.